The average Bonchev–Trinajstić information content (AvgIpc) is 2.68. The maximum Gasteiger partial charge on any atom is 0.121 e. The Balaban J connectivity index is 2.11. The number of nitrogens with zero attached hydrogens (tertiary/aromatic N) is 1. The molecule has 0 bridgehead atoms. The molecule has 1 aliphatic carbocycles. The summed E-state index contributed by atoms with van der Waals surface area (Å²) in [6.07, 6.45) is 7.70. The molecule has 102 valence electrons. The molecule has 0 amide bonds. The fraction of sp³-hybridized carbons (Fsp3) is 0.588. The second-order valence-corrected chi connectivity index (χ2v) is 5.71. The van der Waals surface area contributed by atoms with E-state index in [-0.39, 0.29) is 6.04 Å². The standard InChI is InChI=1S/C17H24N2/c1-13-8-7-11-16(14(13)2)17(12-18)19-15-9-5-3-4-6-10-15/h7-8,11,15,17,19H,3-6,9-10H2,1-2H3. The molecule has 1 aliphatic rings. The number of nitrogens with one attached hydrogen (secondary N) is 1. The minimum absolute atomic E-state index is 0.164. The second kappa shape index (κ2) is 6.73. The van der Waals surface area contributed by atoms with E-state index in [1.54, 1.807) is 0 Å². The first-order chi connectivity index (χ1) is 9.22. The first-order valence-electron chi connectivity index (χ1n) is 7.44. The largest absolute Gasteiger partial charge is 0.295 e. The summed E-state index contributed by atoms with van der Waals surface area (Å²) in [4.78, 5) is 0. The molecular formula is C17H24N2. The highest BCUT2D eigenvalue weighted by atomic mass is 14.9. The number of hydrogen-bond donors (Lipinski definition) is 1. The quantitative estimate of drug-likeness (QED) is 0.823. The van der Waals surface area contributed by atoms with Crippen molar-refractivity contribution in [2.75, 3.05) is 0 Å². The van der Waals surface area contributed by atoms with Gasteiger partial charge in [0.1, 0.15) is 6.04 Å². The summed E-state index contributed by atoms with van der Waals surface area (Å²) in [6.45, 7) is 4.22. The van der Waals surface area contributed by atoms with Gasteiger partial charge in [-0.25, -0.2) is 0 Å². The van der Waals surface area contributed by atoms with Crippen LogP contribution in [0.25, 0.3) is 0 Å². The van der Waals surface area contributed by atoms with E-state index in [2.05, 4.69) is 43.4 Å². The van der Waals surface area contributed by atoms with Crippen LogP contribution in [0.1, 0.15) is 61.3 Å². The normalized spacial score (nSPS) is 18.6. The van der Waals surface area contributed by atoms with Crippen molar-refractivity contribution >= 4 is 0 Å². The van der Waals surface area contributed by atoms with Crippen LogP contribution in [0, 0.1) is 25.2 Å². The van der Waals surface area contributed by atoms with Crippen molar-refractivity contribution in [2.24, 2.45) is 0 Å². The smallest absolute Gasteiger partial charge is 0.121 e. The van der Waals surface area contributed by atoms with Crippen LogP contribution < -0.4 is 5.32 Å². The summed E-state index contributed by atoms with van der Waals surface area (Å²) >= 11 is 0. The Kier molecular flexibility index (Phi) is 4.99. The Bertz CT molecular complexity index is 451. The zero-order valence-electron chi connectivity index (χ0n) is 12.1. The fourth-order valence-corrected chi connectivity index (χ4v) is 2.96. The van der Waals surface area contributed by atoms with Gasteiger partial charge in [-0.3, -0.25) is 5.32 Å². The Labute approximate surface area is 116 Å². The van der Waals surface area contributed by atoms with Gasteiger partial charge in [-0.1, -0.05) is 43.9 Å². The Morgan fingerprint density at radius 1 is 1.16 bits per heavy atom. The number of rotatable bonds is 3. The maximum atomic E-state index is 9.48. The van der Waals surface area contributed by atoms with Crippen LogP contribution in [0.15, 0.2) is 18.2 Å². The van der Waals surface area contributed by atoms with Gasteiger partial charge in [0, 0.05) is 6.04 Å². The van der Waals surface area contributed by atoms with E-state index >= 15 is 0 Å². The molecule has 0 spiro atoms. The van der Waals surface area contributed by atoms with Crippen LogP contribution in [0.5, 0.6) is 0 Å². The molecule has 0 heterocycles. The highest BCUT2D eigenvalue weighted by molar-refractivity contribution is 5.37. The first kappa shape index (κ1) is 14.1. The van der Waals surface area contributed by atoms with Gasteiger partial charge in [-0.2, -0.15) is 5.26 Å². The molecule has 1 fully saturated rings. The van der Waals surface area contributed by atoms with E-state index < -0.39 is 0 Å². The third kappa shape index (κ3) is 3.58. The van der Waals surface area contributed by atoms with Gasteiger partial charge in [-0.15, -0.1) is 0 Å². The summed E-state index contributed by atoms with van der Waals surface area (Å²) in [7, 11) is 0. The molecular weight excluding hydrogens is 232 g/mol. The Hall–Kier alpha value is -1.33. The topological polar surface area (TPSA) is 35.8 Å². The van der Waals surface area contributed by atoms with Crippen LogP contribution in [0.4, 0.5) is 0 Å². The van der Waals surface area contributed by atoms with Crippen molar-refractivity contribution in [3.63, 3.8) is 0 Å². The van der Waals surface area contributed by atoms with E-state index in [4.69, 9.17) is 0 Å². The summed E-state index contributed by atoms with van der Waals surface area (Å²) in [6, 6.07) is 9.03. The molecule has 0 saturated heterocycles. The minimum atomic E-state index is -0.164. The highest BCUT2D eigenvalue weighted by Crippen LogP contribution is 2.24. The predicted molar refractivity (Wildman–Crippen MR) is 78.9 cm³/mol. The number of nitriles is 1. The highest BCUT2D eigenvalue weighted by Gasteiger charge is 2.19. The van der Waals surface area contributed by atoms with Crippen LogP contribution >= 0.6 is 0 Å². The van der Waals surface area contributed by atoms with Gasteiger partial charge >= 0.3 is 0 Å². The van der Waals surface area contributed by atoms with Crippen molar-refractivity contribution in [1.29, 1.82) is 5.26 Å². The van der Waals surface area contributed by atoms with Gasteiger partial charge in [-0.05, 0) is 43.4 Å². The molecule has 1 aromatic carbocycles. The molecule has 2 heteroatoms. The van der Waals surface area contributed by atoms with Crippen molar-refractivity contribution in [1.82, 2.24) is 5.32 Å². The molecule has 2 nitrogen and oxygen atoms in total. The van der Waals surface area contributed by atoms with Gasteiger partial charge in [0.15, 0.2) is 0 Å². The van der Waals surface area contributed by atoms with E-state index in [1.807, 2.05) is 0 Å². The molecule has 1 saturated carbocycles. The van der Waals surface area contributed by atoms with Crippen LogP contribution in [0.2, 0.25) is 0 Å². The first-order valence-corrected chi connectivity index (χ1v) is 7.44. The molecule has 1 unspecified atom stereocenters. The van der Waals surface area contributed by atoms with E-state index in [0.717, 1.165) is 5.56 Å². The number of benzene rings is 1. The lowest BCUT2D eigenvalue weighted by atomic mass is 9.97. The van der Waals surface area contributed by atoms with E-state index in [0.29, 0.717) is 6.04 Å². The van der Waals surface area contributed by atoms with Crippen molar-refractivity contribution in [2.45, 2.75) is 64.5 Å². The van der Waals surface area contributed by atoms with Gasteiger partial charge in [0.05, 0.1) is 6.07 Å². The third-order valence-electron chi connectivity index (χ3n) is 4.34. The summed E-state index contributed by atoms with van der Waals surface area (Å²) in [5, 5.41) is 13.1. The number of aryl methyl sites for hydroxylation is 1. The minimum Gasteiger partial charge on any atom is -0.295 e. The summed E-state index contributed by atoms with van der Waals surface area (Å²) in [5.74, 6) is 0. The second-order valence-electron chi connectivity index (χ2n) is 5.71. The molecule has 1 atom stereocenters. The lowest BCUT2D eigenvalue weighted by Gasteiger charge is -2.22. The summed E-state index contributed by atoms with van der Waals surface area (Å²) < 4.78 is 0. The fourth-order valence-electron chi connectivity index (χ4n) is 2.96. The average molecular weight is 256 g/mol. The SMILES string of the molecule is Cc1cccc(C(C#N)NC2CCCCCC2)c1C. The molecule has 1 aromatic rings. The van der Waals surface area contributed by atoms with Gasteiger partial charge in [0.25, 0.3) is 0 Å². The van der Waals surface area contributed by atoms with Gasteiger partial charge in [0.2, 0.25) is 0 Å². The van der Waals surface area contributed by atoms with E-state index in [1.165, 1.54) is 49.7 Å². The predicted octanol–water partition coefficient (Wildman–Crippen LogP) is 4.18. The number of hydrogen-bond acceptors (Lipinski definition) is 2. The molecule has 1 N–H and O–H groups in total. The monoisotopic (exact) mass is 256 g/mol. The van der Waals surface area contributed by atoms with Crippen molar-refractivity contribution < 1.29 is 0 Å². The van der Waals surface area contributed by atoms with Crippen LogP contribution in [-0.2, 0) is 0 Å². The maximum absolute atomic E-state index is 9.48. The molecule has 0 aromatic heterocycles. The van der Waals surface area contributed by atoms with Crippen molar-refractivity contribution in [3.05, 3.63) is 34.9 Å². The molecule has 2 rings (SSSR count). The summed E-state index contributed by atoms with van der Waals surface area (Å²) in [5.41, 5.74) is 3.65. The zero-order chi connectivity index (χ0) is 13.7. The Morgan fingerprint density at radius 3 is 2.47 bits per heavy atom. The van der Waals surface area contributed by atoms with E-state index in [9.17, 15) is 5.26 Å². The third-order valence-corrected chi connectivity index (χ3v) is 4.34. The van der Waals surface area contributed by atoms with Crippen LogP contribution in [-0.4, -0.2) is 6.04 Å². The zero-order valence-corrected chi connectivity index (χ0v) is 12.1. The van der Waals surface area contributed by atoms with Crippen molar-refractivity contribution in [3.8, 4) is 6.07 Å². The molecule has 0 radical (unpaired) electrons. The lowest BCUT2D eigenvalue weighted by molar-refractivity contribution is 0.436. The molecule has 19 heavy (non-hydrogen) atoms. The Morgan fingerprint density at radius 2 is 1.84 bits per heavy atom. The lowest BCUT2D eigenvalue weighted by Crippen LogP contribution is -2.32. The molecule has 0 aliphatic heterocycles. The van der Waals surface area contributed by atoms with Crippen LogP contribution in [0.3, 0.4) is 0 Å². The van der Waals surface area contributed by atoms with Gasteiger partial charge < -0.3 is 0 Å².